The number of carbonyl (C=O) groups excluding carboxylic acids is 1. The van der Waals surface area contributed by atoms with Gasteiger partial charge in [0.15, 0.2) is 0 Å². The van der Waals surface area contributed by atoms with Crippen LogP contribution in [0.1, 0.15) is 5.56 Å². The van der Waals surface area contributed by atoms with Crippen LogP contribution >= 0.6 is 12.4 Å². The first-order valence-corrected chi connectivity index (χ1v) is 6.06. The molecule has 7 heteroatoms. The van der Waals surface area contributed by atoms with Gasteiger partial charge in [0.2, 0.25) is 0 Å². The van der Waals surface area contributed by atoms with Crippen LogP contribution in [-0.2, 0) is 11.3 Å². The van der Waals surface area contributed by atoms with Gasteiger partial charge in [-0.15, -0.1) is 12.4 Å². The number of halogens is 3. The highest BCUT2D eigenvalue weighted by Gasteiger charge is 2.49. The smallest absolute Gasteiger partial charge is 0.410 e. The Morgan fingerprint density at radius 1 is 1.40 bits per heavy atom. The molecule has 1 unspecified atom stereocenters. The minimum absolute atomic E-state index is 0. The molecule has 0 aromatic heterocycles. The highest BCUT2D eigenvalue weighted by atomic mass is 35.5. The van der Waals surface area contributed by atoms with E-state index in [0.717, 1.165) is 10.5 Å². The summed E-state index contributed by atoms with van der Waals surface area (Å²) < 4.78 is 31.9. The topological polar surface area (TPSA) is 55.6 Å². The fraction of sp³-hybridized carbons (Fsp3) is 0.462. The van der Waals surface area contributed by atoms with Crippen molar-refractivity contribution >= 4 is 18.5 Å². The number of likely N-dealkylation sites (tertiary alicyclic amines) is 1. The van der Waals surface area contributed by atoms with Gasteiger partial charge in [-0.2, -0.15) is 0 Å². The Kier molecular flexibility index (Phi) is 5.71. The molecule has 0 aliphatic carbocycles. The van der Waals surface area contributed by atoms with Gasteiger partial charge in [-0.05, 0) is 5.56 Å². The van der Waals surface area contributed by atoms with Gasteiger partial charge in [0, 0.05) is 13.1 Å². The molecular weight excluding hydrogens is 290 g/mol. The number of amides is 1. The van der Waals surface area contributed by atoms with Crippen molar-refractivity contribution in [3.05, 3.63) is 35.9 Å². The first-order valence-electron chi connectivity index (χ1n) is 6.06. The van der Waals surface area contributed by atoms with Crippen molar-refractivity contribution in [3.8, 4) is 0 Å². The molecule has 0 radical (unpaired) electrons. The normalized spacial score (nSPS) is 20.4. The highest BCUT2D eigenvalue weighted by molar-refractivity contribution is 5.85. The molecule has 1 fully saturated rings. The second-order valence-electron chi connectivity index (χ2n) is 4.61. The summed E-state index contributed by atoms with van der Waals surface area (Å²) in [7, 11) is 0. The number of rotatable bonds is 3. The Balaban J connectivity index is 0.00000200. The van der Waals surface area contributed by atoms with Crippen LogP contribution in [0.2, 0.25) is 0 Å². The molecule has 1 aromatic rings. The first-order chi connectivity index (χ1) is 9.03. The standard InChI is InChI=1S/C13H16F2N2O2.ClH/c14-13(15)9-17(7-11(13)6-16)12(18)19-8-10-4-2-1-3-5-10;/h1-5,11H,6-9,16H2;1H. The molecule has 1 saturated heterocycles. The van der Waals surface area contributed by atoms with Crippen molar-refractivity contribution < 1.29 is 18.3 Å². The molecule has 0 spiro atoms. The van der Waals surface area contributed by atoms with E-state index in [1.807, 2.05) is 18.2 Å². The lowest BCUT2D eigenvalue weighted by molar-refractivity contribution is -0.0240. The predicted molar refractivity (Wildman–Crippen MR) is 72.9 cm³/mol. The van der Waals surface area contributed by atoms with Crippen molar-refractivity contribution in [1.29, 1.82) is 0 Å². The summed E-state index contributed by atoms with van der Waals surface area (Å²) in [4.78, 5) is 12.7. The van der Waals surface area contributed by atoms with E-state index >= 15 is 0 Å². The number of alkyl halides is 2. The fourth-order valence-electron chi connectivity index (χ4n) is 2.04. The first kappa shape index (κ1) is 16.7. The Hall–Kier alpha value is -1.40. The van der Waals surface area contributed by atoms with E-state index in [2.05, 4.69) is 0 Å². The number of nitrogens with zero attached hydrogens (tertiary/aromatic N) is 1. The van der Waals surface area contributed by atoms with Crippen LogP contribution in [0, 0.1) is 5.92 Å². The maximum Gasteiger partial charge on any atom is 0.410 e. The van der Waals surface area contributed by atoms with Crippen LogP contribution < -0.4 is 5.73 Å². The SMILES string of the molecule is Cl.NCC1CN(C(=O)OCc2ccccc2)CC1(F)F. The highest BCUT2D eigenvalue weighted by Crippen LogP contribution is 2.32. The summed E-state index contributed by atoms with van der Waals surface area (Å²) in [6.45, 7) is -0.746. The zero-order chi connectivity index (χ0) is 13.9. The minimum Gasteiger partial charge on any atom is -0.445 e. The van der Waals surface area contributed by atoms with Gasteiger partial charge in [0.1, 0.15) is 6.61 Å². The molecule has 20 heavy (non-hydrogen) atoms. The van der Waals surface area contributed by atoms with Crippen LogP contribution in [0.25, 0.3) is 0 Å². The molecule has 1 aromatic carbocycles. The number of hydrogen-bond acceptors (Lipinski definition) is 3. The molecule has 4 nitrogen and oxygen atoms in total. The van der Waals surface area contributed by atoms with Crippen molar-refractivity contribution in [2.45, 2.75) is 12.5 Å². The zero-order valence-corrected chi connectivity index (χ0v) is 11.6. The van der Waals surface area contributed by atoms with Gasteiger partial charge in [-0.3, -0.25) is 0 Å². The van der Waals surface area contributed by atoms with Gasteiger partial charge in [0.25, 0.3) is 5.92 Å². The largest absolute Gasteiger partial charge is 0.445 e. The van der Waals surface area contributed by atoms with Crippen molar-refractivity contribution in [2.24, 2.45) is 11.7 Å². The fourth-order valence-corrected chi connectivity index (χ4v) is 2.04. The average molecular weight is 307 g/mol. The lowest BCUT2D eigenvalue weighted by atomic mass is 10.1. The second-order valence-corrected chi connectivity index (χ2v) is 4.61. The van der Waals surface area contributed by atoms with Crippen LogP contribution in [0.4, 0.5) is 13.6 Å². The summed E-state index contributed by atoms with van der Waals surface area (Å²) >= 11 is 0. The number of nitrogens with two attached hydrogens (primary N) is 1. The molecular formula is C13H17ClF2N2O2. The molecule has 1 heterocycles. The van der Waals surface area contributed by atoms with E-state index in [0.29, 0.717) is 0 Å². The Bertz CT molecular complexity index is 445. The second kappa shape index (κ2) is 6.85. The summed E-state index contributed by atoms with van der Waals surface area (Å²) in [6.07, 6.45) is -0.723. The lowest BCUT2D eigenvalue weighted by Crippen LogP contribution is -2.33. The molecule has 1 atom stereocenters. The van der Waals surface area contributed by atoms with Crippen LogP contribution in [-0.4, -0.2) is 36.5 Å². The molecule has 2 N–H and O–H groups in total. The van der Waals surface area contributed by atoms with E-state index in [1.165, 1.54) is 0 Å². The van der Waals surface area contributed by atoms with Crippen molar-refractivity contribution in [3.63, 3.8) is 0 Å². The molecule has 2 rings (SSSR count). The number of hydrogen-bond donors (Lipinski definition) is 1. The van der Waals surface area contributed by atoms with E-state index in [-0.39, 0.29) is 32.1 Å². The van der Waals surface area contributed by atoms with Crippen LogP contribution in [0.5, 0.6) is 0 Å². The monoisotopic (exact) mass is 306 g/mol. The van der Waals surface area contributed by atoms with Gasteiger partial charge in [-0.1, -0.05) is 30.3 Å². The molecule has 0 bridgehead atoms. The van der Waals surface area contributed by atoms with E-state index in [1.54, 1.807) is 12.1 Å². The van der Waals surface area contributed by atoms with Crippen molar-refractivity contribution in [2.75, 3.05) is 19.6 Å². The quantitative estimate of drug-likeness (QED) is 0.932. The Labute approximate surface area is 122 Å². The molecule has 0 saturated carbocycles. The third-order valence-electron chi connectivity index (χ3n) is 3.19. The van der Waals surface area contributed by atoms with Crippen LogP contribution in [0.3, 0.4) is 0 Å². The number of benzene rings is 1. The summed E-state index contributed by atoms with van der Waals surface area (Å²) in [6, 6.07) is 9.08. The summed E-state index contributed by atoms with van der Waals surface area (Å²) in [5.41, 5.74) is 6.09. The van der Waals surface area contributed by atoms with Crippen molar-refractivity contribution in [1.82, 2.24) is 4.90 Å². The Morgan fingerprint density at radius 2 is 2.05 bits per heavy atom. The predicted octanol–water partition coefficient (Wildman–Crippen LogP) is 2.27. The Morgan fingerprint density at radius 3 is 2.60 bits per heavy atom. The average Bonchev–Trinajstić information content (AvgIpc) is 2.72. The van der Waals surface area contributed by atoms with Gasteiger partial charge in [-0.25, -0.2) is 13.6 Å². The summed E-state index contributed by atoms with van der Waals surface area (Å²) in [5, 5.41) is 0. The van der Waals surface area contributed by atoms with Gasteiger partial charge >= 0.3 is 6.09 Å². The maximum absolute atomic E-state index is 13.5. The zero-order valence-electron chi connectivity index (χ0n) is 10.8. The number of ether oxygens (including phenoxy) is 1. The van der Waals surface area contributed by atoms with E-state index in [4.69, 9.17) is 10.5 Å². The minimum atomic E-state index is -2.93. The van der Waals surface area contributed by atoms with E-state index < -0.39 is 24.5 Å². The third kappa shape index (κ3) is 3.80. The lowest BCUT2D eigenvalue weighted by Gasteiger charge is -2.15. The maximum atomic E-state index is 13.5. The van der Waals surface area contributed by atoms with Gasteiger partial charge in [0.05, 0.1) is 12.5 Å². The molecule has 1 aliphatic rings. The summed E-state index contributed by atoms with van der Waals surface area (Å²) in [5.74, 6) is -3.92. The molecule has 112 valence electrons. The molecule has 1 aliphatic heterocycles. The van der Waals surface area contributed by atoms with E-state index in [9.17, 15) is 13.6 Å². The molecule has 1 amide bonds. The van der Waals surface area contributed by atoms with Gasteiger partial charge < -0.3 is 15.4 Å². The third-order valence-corrected chi connectivity index (χ3v) is 3.19. The number of carbonyl (C=O) groups is 1. The van der Waals surface area contributed by atoms with Crippen LogP contribution in [0.15, 0.2) is 30.3 Å².